The molecule has 110 valence electrons. The normalized spacial score (nSPS) is 20.8. The van der Waals surface area contributed by atoms with Crippen LogP contribution in [0.1, 0.15) is 58.8 Å². The molecule has 0 heterocycles. The van der Waals surface area contributed by atoms with Crippen molar-refractivity contribution in [1.29, 1.82) is 0 Å². The van der Waals surface area contributed by atoms with Gasteiger partial charge in [0, 0.05) is 0 Å². The maximum Gasteiger partial charge on any atom is 0.325 e. The zero-order valence-corrected chi connectivity index (χ0v) is 12.0. The molecule has 0 spiro atoms. The number of amides is 1. The average molecular weight is 270 g/mol. The van der Waals surface area contributed by atoms with Gasteiger partial charge < -0.3 is 15.8 Å². The smallest absolute Gasteiger partial charge is 0.325 e. The monoisotopic (exact) mass is 270 g/mol. The number of carbonyl (C=O) groups excluding carboxylic acids is 2. The average Bonchev–Trinajstić information content (AvgIpc) is 2.31. The van der Waals surface area contributed by atoms with Gasteiger partial charge in [0.1, 0.15) is 12.1 Å². The molecule has 0 bridgehead atoms. The topological polar surface area (TPSA) is 81.4 Å². The van der Waals surface area contributed by atoms with E-state index in [0.29, 0.717) is 0 Å². The van der Waals surface area contributed by atoms with Crippen molar-refractivity contribution in [3.05, 3.63) is 0 Å². The highest BCUT2D eigenvalue weighted by atomic mass is 16.6. The van der Waals surface area contributed by atoms with E-state index in [9.17, 15) is 9.59 Å². The van der Waals surface area contributed by atoms with Gasteiger partial charge in [0.15, 0.2) is 0 Å². The summed E-state index contributed by atoms with van der Waals surface area (Å²) in [4.78, 5) is 23.0. The third kappa shape index (κ3) is 6.05. The molecule has 0 saturated heterocycles. The molecule has 5 nitrogen and oxygen atoms in total. The largest absolute Gasteiger partial charge is 0.458 e. The summed E-state index contributed by atoms with van der Waals surface area (Å²) in [5.41, 5.74) is 5.03. The van der Waals surface area contributed by atoms with Crippen LogP contribution in [0, 0.1) is 0 Å². The number of ether oxygens (including phenoxy) is 1. The van der Waals surface area contributed by atoms with Gasteiger partial charge in [-0.25, -0.2) is 0 Å². The fourth-order valence-electron chi connectivity index (χ4n) is 2.39. The minimum atomic E-state index is -0.607. The van der Waals surface area contributed by atoms with E-state index < -0.39 is 6.04 Å². The molecule has 1 fully saturated rings. The van der Waals surface area contributed by atoms with Gasteiger partial charge in [0.25, 0.3) is 0 Å². The molecular weight excluding hydrogens is 244 g/mol. The first-order valence-corrected chi connectivity index (χ1v) is 7.18. The van der Waals surface area contributed by atoms with E-state index in [2.05, 4.69) is 5.32 Å². The Bertz CT molecular complexity index is 308. The Morgan fingerprint density at radius 1 is 1.21 bits per heavy atom. The third-order valence-electron chi connectivity index (χ3n) is 3.59. The summed E-state index contributed by atoms with van der Waals surface area (Å²) in [7, 11) is 0. The highest BCUT2D eigenvalue weighted by Gasteiger charge is 2.29. The molecule has 0 radical (unpaired) electrons. The lowest BCUT2D eigenvalue weighted by Crippen LogP contribution is -2.43. The third-order valence-corrected chi connectivity index (χ3v) is 3.59. The van der Waals surface area contributed by atoms with Crippen LogP contribution in [0.5, 0.6) is 0 Å². The van der Waals surface area contributed by atoms with Crippen LogP contribution >= 0.6 is 0 Å². The van der Waals surface area contributed by atoms with Crippen molar-refractivity contribution in [3.63, 3.8) is 0 Å². The molecule has 0 unspecified atom stereocenters. The van der Waals surface area contributed by atoms with Crippen LogP contribution in [-0.2, 0) is 14.3 Å². The SMILES string of the molecule is C[C@H](N)C(=O)NCC(=O)OC1(C)CCCCCCC1. The lowest BCUT2D eigenvalue weighted by molar-refractivity contribution is -0.159. The van der Waals surface area contributed by atoms with E-state index in [1.165, 1.54) is 19.3 Å². The molecule has 0 aliphatic heterocycles. The lowest BCUT2D eigenvalue weighted by atomic mass is 9.88. The molecule has 0 aromatic carbocycles. The van der Waals surface area contributed by atoms with Crippen LogP contribution < -0.4 is 11.1 Å². The predicted octanol–water partition coefficient (Wildman–Crippen LogP) is 1.50. The molecule has 1 saturated carbocycles. The minimum absolute atomic E-state index is 0.101. The molecule has 0 aromatic rings. The first-order chi connectivity index (χ1) is 8.93. The molecule has 0 aromatic heterocycles. The molecule has 1 atom stereocenters. The van der Waals surface area contributed by atoms with Gasteiger partial charge in [0.2, 0.25) is 5.91 Å². The molecule has 3 N–H and O–H groups in total. The van der Waals surface area contributed by atoms with Crippen molar-refractivity contribution >= 4 is 11.9 Å². The second-order valence-corrected chi connectivity index (χ2v) is 5.70. The number of carbonyl (C=O) groups is 2. The van der Waals surface area contributed by atoms with Crippen LogP contribution in [0.25, 0.3) is 0 Å². The number of nitrogens with two attached hydrogens (primary N) is 1. The Morgan fingerprint density at radius 3 is 2.26 bits per heavy atom. The van der Waals surface area contributed by atoms with Gasteiger partial charge in [-0.1, -0.05) is 19.3 Å². The van der Waals surface area contributed by atoms with E-state index in [1.54, 1.807) is 6.92 Å². The van der Waals surface area contributed by atoms with E-state index in [0.717, 1.165) is 25.7 Å². The molecule has 19 heavy (non-hydrogen) atoms. The zero-order valence-electron chi connectivity index (χ0n) is 12.0. The van der Waals surface area contributed by atoms with E-state index >= 15 is 0 Å². The Balaban J connectivity index is 2.38. The number of rotatable bonds is 4. The van der Waals surface area contributed by atoms with Crippen molar-refractivity contribution in [3.8, 4) is 0 Å². The Kier molecular flexibility index (Phi) is 6.28. The van der Waals surface area contributed by atoms with Crippen LogP contribution in [0.4, 0.5) is 0 Å². The molecule has 1 amide bonds. The van der Waals surface area contributed by atoms with Crippen molar-refractivity contribution in [1.82, 2.24) is 5.32 Å². The molecule has 1 rings (SSSR count). The maximum absolute atomic E-state index is 11.8. The van der Waals surface area contributed by atoms with Crippen LogP contribution in [0.2, 0.25) is 0 Å². The predicted molar refractivity (Wildman–Crippen MR) is 73.5 cm³/mol. The molecule has 5 heteroatoms. The van der Waals surface area contributed by atoms with Gasteiger partial charge in [0.05, 0.1) is 6.04 Å². The summed E-state index contributed by atoms with van der Waals surface area (Å²) < 4.78 is 5.55. The zero-order chi connectivity index (χ0) is 14.3. The summed E-state index contributed by atoms with van der Waals surface area (Å²) in [6, 6.07) is -0.607. The van der Waals surface area contributed by atoms with Crippen molar-refractivity contribution in [2.45, 2.75) is 70.4 Å². The van der Waals surface area contributed by atoms with Crippen molar-refractivity contribution in [2.24, 2.45) is 5.73 Å². The van der Waals surface area contributed by atoms with Crippen molar-refractivity contribution < 1.29 is 14.3 Å². The molecular formula is C14H26N2O3. The Hall–Kier alpha value is -1.10. The Morgan fingerprint density at radius 2 is 1.74 bits per heavy atom. The lowest BCUT2D eigenvalue weighted by Gasteiger charge is -2.31. The first-order valence-electron chi connectivity index (χ1n) is 7.18. The highest BCUT2D eigenvalue weighted by Crippen LogP contribution is 2.29. The highest BCUT2D eigenvalue weighted by molar-refractivity contribution is 5.85. The fraction of sp³-hybridized carbons (Fsp3) is 0.857. The summed E-state index contributed by atoms with van der Waals surface area (Å²) in [6.45, 7) is 3.47. The summed E-state index contributed by atoms with van der Waals surface area (Å²) in [5, 5.41) is 2.48. The van der Waals surface area contributed by atoms with Gasteiger partial charge >= 0.3 is 5.97 Å². The van der Waals surface area contributed by atoms with Gasteiger partial charge in [-0.2, -0.15) is 0 Å². The standard InChI is InChI=1S/C14H26N2O3/c1-11(15)13(18)16-10-12(17)19-14(2)8-6-4-3-5-7-9-14/h11H,3-10,15H2,1-2H3,(H,16,18)/t11-/m0/s1. The van der Waals surface area contributed by atoms with E-state index in [-0.39, 0.29) is 24.0 Å². The van der Waals surface area contributed by atoms with Crippen LogP contribution in [0.3, 0.4) is 0 Å². The number of esters is 1. The van der Waals surface area contributed by atoms with Gasteiger partial charge in [-0.3, -0.25) is 9.59 Å². The quantitative estimate of drug-likeness (QED) is 0.758. The second kappa shape index (κ2) is 7.48. The first kappa shape index (κ1) is 16.0. The molecule has 1 aliphatic rings. The number of hydrogen-bond acceptors (Lipinski definition) is 4. The summed E-state index contributed by atoms with van der Waals surface area (Å²) >= 11 is 0. The van der Waals surface area contributed by atoms with Crippen LogP contribution in [-0.4, -0.2) is 30.1 Å². The van der Waals surface area contributed by atoms with Gasteiger partial charge in [-0.05, 0) is 39.5 Å². The van der Waals surface area contributed by atoms with E-state index in [4.69, 9.17) is 10.5 Å². The fourth-order valence-corrected chi connectivity index (χ4v) is 2.39. The summed E-state index contributed by atoms with van der Waals surface area (Å²) in [5.74, 6) is -0.711. The number of hydrogen-bond donors (Lipinski definition) is 2. The Labute approximate surface area is 115 Å². The van der Waals surface area contributed by atoms with E-state index in [1.807, 2.05) is 6.92 Å². The van der Waals surface area contributed by atoms with Crippen LogP contribution in [0.15, 0.2) is 0 Å². The number of nitrogens with one attached hydrogen (secondary N) is 1. The summed E-state index contributed by atoms with van der Waals surface area (Å²) in [6.07, 6.45) is 7.67. The van der Waals surface area contributed by atoms with Crippen molar-refractivity contribution in [2.75, 3.05) is 6.54 Å². The molecule has 1 aliphatic carbocycles. The second-order valence-electron chi connectivity index (χ2n) is 5.70. The van der Waals surface area contributed by atoms with Gasteiger partial charge in [-0.15, -0.1) is 0 Å². The minimum Gasteiger partial charge on any atom is -0.458 e. The maximum atomic E-state index is 11.8.